The number of pyridine rings is 1. The van der Waals surface area contributed by atoms with Crippen molar-refractivity contribution in [3.05, 3.63) is 86.1 Å². The van der Waals surface area contributed by atoms with Gasteiger partial charge in [-0.1, -0.05) is 0 Å². The van der Waals surface area contributed by atoms with Gasteiger partial charge in [0.25, 0.3) is 5.91 Å². The Hall–Kier alpha value is -3.65. The average molecular weight is 486 g/mol. The Balaban J connectivity index is 1.31. The molecule has 0 atom stereocenters. The number of hydrogen-bond donors (Lipinski definition) is 1. The van der Waals surface area contributed by atoms with E-state index >= 15 is 0 Å². The first-order valence-electron chi connectivity index (χ1n) is 11.7. The first kappa shape index (κ1) is 23.1. The second-order valence-electron chi connectivity index (χ2n) is 8.99. The molecule has 4 heterocycles. The normalized spacial score (nSPS) is 13.1. The van der Waals surface area contributed by atoms with Crippen LogP contribution >= 0.6 is 11.3 Å². The molecule has 3 aromatic heterocycles. The van der Waals surface area contributed by atoms with Gasteiger partial charge in [0.05, 0.1) is 28.8 Å². The summed E-state index contributed by atoms with van der Waals surface area (Å²) in [6.07, 6.45) is 2.97. The topological polar surface area (TPSA) is 88.1 Å². The van der Waals surface area contributed by atoms with Crippen LogP contribution in [0.2, 0.25) is 0 Å². The summed E-state index contributed by atoms with van der Waals surface area (Å²) in [4.78, 5) is 41.3. The molecule has 1 aliphatic heterocycles. The largest absolute Gasteiger partial charge is 0.352 e. The summed E-state index contributed by atoms with van der Waals surface area (Å²) in [5.41, 5.74) is 9.11. The fourth-order valence-electron chi connectivity index (χ4n) is 4.50. The molecule has 0 spiro atoms. The van der Waals surface area contributed by atoms with Crippen LogP contribution in [0.1, 0.15) is 49.7 Å². The van der Waals surface area contributed by atoms with Crippen LogP contribution in [-0.2, 0) is 30.7 Å². The van der Waals surface area contributed by atoms with Crippen LogP contribution in [0.4, 0.5) is 0 Å². The SMILES string of the molecule is Cc1nc2ccc(C(=O)N3CCc4c(cnc(C)c4CNC(=O)Cc4ccsc4)C3)cc2nc1C. The predicted octanol–water partition coefficient (Wildman–Crippen LogP) is 4.07. The molecule has 0 bridgehead atoms. The van der Waals surface area contributed by atoms with Crippen molar-refractivity contribution in [1.29, 1.82) is 0 Å². The fraction of sp³-hybridized carbons (Fsp3) is 0.296. The Morgan fingerprint density at radius 3 is 2.63 bits per heavy atom. The molecule has 178 valence electrons. The van der Waals surface area contributed by atoms with Gasteiger partial charge in [-0.3, -0.25) is 14.6 Å². The Kier molecular flexibility index (Phi) is 6.30. The molecule has 1 aromatic carbocycles. The van der Waals surface area contributed by atoms with Gasteiger partial charge >= 0.3 is 0 Å². The van der Waals surface area contributed by atoms with Crippen molar-refractivity contribution in [2.45, 2.75) is 46.7 Å². The number of thiophene rings is 1. The zero-order chi connectivity index (χ0) is 24.5. The van der Waals surface area contributed by atoms with Gasteiger partial charge in [0, 0.05) is 37.1 Å². The molecule has 0 fully saturated rings. The number of rotatable bonds is 5. The predicted molar refractivity (Wildman–Crippen MR) is 136 cm³/mol. The van der Waals surface area contributed by atoms with Crippen molar-refractivity contribution in [3.8, 4) is 0 Å². The first-order chi connectivity index (χ1) is 16.9. The van der Waals surface area contributed by atoms with Crippen LogP contribution < -0.4 is 5.32 Å². The third-order valence-electron chi connectivity index (χ3n) is 6.61. The minimum atomic E-state index is -0.0243. The second kappa shape index (κ2) is 9.54. The zero-order valence-electron chi connectivity index (χ0n) is 20.1. The van der Waals surface area contributed by atoms with E-state index in [0.29, 0.717) is 31.6 Å². The summed E-state index contributed by atoms with van der Waals surface area (Å²) in [5, 5.41) is 7.02. The van der Waals surface area contributed by atoms with E-state index in [4.69, 9.17) is 0 Å². The molecule has 0 unspecified atom stereocenters. The zero-order valence-corrected chi connectivity index (χ0v) is 20.9. The molecule has 35 heavy (non-hydrogen) atoms. The number of hydrogen-bond acceptors (Lipinski definition) is 6. The molecular formula is C27H27N5O2S. The summed E-state index contributed by atoms with van der Waals surface area (Å²) < 4.78 is 0. The third-order valence-corrected chi connectivity index (χ3v) is 7.34. The van der Waals surface area contributed by atoms with Crippen molar-refractivity contribution in [1.82, 2.24) is 25.2 Å². The smallest absolute Gasteiger partial charge is 0.254 e. The van der Waals surface area contributed by atoms with Gasteiger partial charge in [-0.15, -0.1) is 0 Å². The maximum atomic E-state index is 13.3. The summed E-state index contributed by atoms with van der Waals surface area (Å²) in [5.74, 6) is -0.0263. The molecule has 0 saturated carbocycles. The summed E-state index contributed by atoms with van der Waals surface area (Å²) in [6, 6.07) is 7.49. The van der Waals surface area contributed by atoms with Crippen LogP contribution in [0.5, 0.6) is 0 Å². The molecule has 2 amide bonds. The third kappa shape index (κ3) is 4.79. The molecule has 0 saturated heterocycles. The maximum absolute atomic E-state index is 13.3. The first-order valence-corrected chi connectivity index (χ1v) is 12.6. The number of aryl methyl sites for hydroxylation is 3. The molecular weight excluding hydrogens is 458 g/mol. The van der Waals surface area contributed by atoms with Gasteiger partial charge < -0.3 is 10.2 Å². The summed E-state index contributed by atoms with van der Waals surface area (Å²) >= 11 is 1.59. The highest BCUT2D eigenvalue weighted by molar-refractivity contribution is 7.08. The lowest BCUT2D eigenvalue weighted by Gasteiger charge is -2.30. The van der Waals surface area contributed by atoms with E-state index in [1.807, 2.05) is 66.9 Å². The molecule has 0 radical (unpaired) electrons. The van der Waals surface area contributed by atoms with E-state index < -0.39 is 0 Å². The molecule has 8 heteroatoms. The minimum absolute atomic E-state index is 0.00199. The highest BCUT2D eigenvalue weighted by atomic mass is 32.1. The lowest BCUT2D eigenvalue weighted by Crippen LogP contribution is -2.37. The Labute approximate surface area is 208 Å². The van der Waals surface area contributed by atoms with Gasteiger partial charge in [-0.25, -0.2) is 9.97 Å². The van der Waals surface area contributed by atoms with E-state index in [-0.39, 0.29) is 11.8 Å². The van der Waals surface area contributed by atoms with Crippen molar-refractivity contribution in [2.75, 3.05) is 6.54 Å². The Morgan fingerprint density at radius 2 is 1.86 bits per heavy atom. The average Bonchev–Trinajstić information content (AvgIpc) is 3.36. The van der Waals surface area contributed by atoms with Crippen molar-refractivity contribution < 1.29 is 9.59 Å². The lowest BCUT2D eigenvalue weighted by atomic mass is 9.94. The number of nitrogens with one attached hydrogen (secondary N) is 1. The number of aromatic nitrogens is 3. The number of benzene rings is 1. The molecule has 0 aliphatic carbocycles. The lowest BCUT2D eigenvalue weighted by molar-refractivity contribution is -0.120. The molecule has 7 nitrogen and oxygen atoms in total. The maximum Gasteiger partial charge on any atom is 0.254 e. The monoisotopic (exact) mass is 485 g/mol. The van der Waals surface area contributed by atoms with Crippen molar-refractivity contribution in [2.24, 2.45) is 0 Å². The van der Waals surface area contributed by atoms with Crippen LogP contribution in [0, 0.1) is 20.8 Å². The Morgan fingerprint density at radius 1 is 1.06 bits per heavy atom. The Bertz CT molecular complexity index is 1430. The van der Waals surface area contributed by atoms with E-state index in [1.165, 1.54) is 5.56 Å². The summed E-state index contributed by atoms with van der Waals surface area (Å²) in [7, 11) is 0. The van der Waals surface area contributed by atoms with Gasteiger partial charge in [-0.2, -0.15) is 11.3 Å². The van der Waals surface area contributed by atoms with Crippen molar-refractivity contribution >= 4 is 34.2 Å². The number of fused-ring (bicyclic) bond motifs is 2. The molecule has 5 rings (SSSR count). The number of amides is 2. The molecule has 1 N–H and O–H groups in total. The van der Waals surface area contributed by atoms with Gasteiger partial charge in [0.15, 0.2) is 0 Å². The second-order valence-corrected chi connectivity index (χ2v) is 9.77. The van der Waals surface area contributed by atoms with E-state index in [2.05, 4.69) is 20.3 Å². The highest BCUT2D eigenvalue weighted by Gasteiger charge is 2.25. The number of nitrogens with zero attached hydrogens (tertiary/aromatic N) is 4. The fourth-order valence-corrected chi connectivity index (χ4v) is 5.17. The van der Waals surface area contributed by atoms with Gasteiger partial charge in [0.2, 0.25) is 5.91 Å². The van der Waals surface area contributed by atoms with Crippen LogP contribution in [0.3, 0.4) is 0 Å². The molecule has 4 aromatic rings. The summed E-state index contributed by atoms with van der Waals surface area (Å²) in [6.45, 7) is 7.38. The van der Waals surface area contributed by atoms with Gasteiger partial charge in [0.1, 0.15) is 0 Å². The van der Waals surface area contributed by atoms with Crippen LogP contribution in [0.25, 0.3) is 11.0 Å². The standard InChI is InChI=1S/C27H27N5O2S/c1-16-17(2)31-25-11-20(4-5-24(25)30-16)27(34)32-8-6-22-21(14-32)12-28-18(3)23(22)13-29-26(33)10-19-7-9-35-15-19/h4-5,7,9,11-12,15H,6,8,10,13-14H2,1-3H3,(H,29,33). The number of carbonyl (C=O) groups is 2. The van der Waals surface area contributed by atoms with Crippen molar-refractivity contribution in [3.63, 3.8) is 0 Å². The number of carbonyl (C=O) groups excluding carboxylic acids is 2. The highest BCUT2D eigenvalue weighted by Crippen LogP contribution is 2.26. The van der Waals surface area contributed by atoms with Gasteiger partial charge in [-0.05, 0) is 84.5 Å². The van der Waals surface area contributed by atoms with Crippen LogP contribution in [-0.4, -0.2) is 38.2 Å². The minimum Gasteiger partial charge on any atom is -0.352 e. The van der Waals surface area contributed by atoms with E-state index in [9.17, 15) is 9.59 Å². The van der Waals surface area contributed by atoms with E-state index in [1.54, 1.807) is 11.3 Å². The quantitative estimate of drug-likeness (QED) is 0.460. The van der Waals surface area contributed by atoms with Crippen LogP contribution in [0.15, 0.2) is 41.2 Å². The molecule has 1 aliphatic rings. The van der Waals surface area contributed by atoms with E-state index in [0.717, 1.165) is 51.2 Å².